The Bertz CT molecular complexity index is 1340. The summed E-state index contributed by atoms with van der Waals surface area (Å²) in [6.45, 7) is 4.24. The van der Waals surface area contributed by atoms with Gasteiger partial charge in [-0.05, 0) is 77.0 Å². The predicted molar refractivity (Wildman–Crippen MR) is 300 cm³/mol. The van der Waals surface area contributed by atoms with E-state index < -0.39 is 26.5 Å². The molecule has 0 saturated carbocycles. The lowest BCUT2D eigenvalue weighted by Gasteiger charge is -2.28. The van der Waals surface area contributed by atoms with Crippen molar-refractivity contribution >= 4 is 19.8 Å². The molecule has 0 bridgehead atoms. The predicted octanol–water partition coefficient (Wildman–Crippen LogP) is 17.9. The van der Waals surface area contributed by atoms with E-state index in [1.165, 1.54) is 173 Å². The Morgan fingerprint density at radius 3 is 1.14 bits per heavy atom. The molecule has 0 aliphatic carbocycles. The SMILES string of the molecule is CCCCCCC/C=C\C/C=C\C/C=C\CCCCCCCCCCCCCCCCCCC(=O)OC(COC(=O)CCCCCCC/C=C\CCCCCCCCC)COP(=O)([O-])OCC[N+](C)(C)C. The maximum atomic E-state index is 12.8. The maximum Gasteiger partial charge on any atom is 0.306 e. The lowest BCUT2D eigenvalue weighted by Crippen LogP contribution is -2.37. The summed E-state index contributed by atoms with van der Waals surface area (Å²) in [7, 11) is 1.17. The molecule has 10 heteroatoms. The summed E-state index contributed by atoms with van der Waals surface area (Å²) in [4.78, 5) is 37.8. The Hall–Kier alpha value is -2.03. The van der Waals surface area contributed by atoms with Gasteiger partial charge in [0.1, 0.15) is 19.8 Å². The number of hydrogen-bond donors (Lipinski definition) is 0. The molecule has 0 aliphatic rings. The van der Waals surface area contributed by atoms with E-state index in [1.54, 1.807) is 0 Å². The molecule has 0 aliphatic heterocycles. The first-order valence-electron chi connectivity index (χ1n) is 29.8. The summed E-state index contributed by atoms with van der Waals surface area (Å²) < 4.78 is 34.1. The molecule has 2 atom stereocenters. The molecule has 0 aromatic heterocycles. The monoisotopic (exact) mass is 1020 g/mol. The summed E-state index contributed by atoms with van der Waals surface area (Å²) in [5.74, 6) is -0.834. The van der Waals surface area contributed by atoms with E-state index in [4.69, 9.17) is 18.5 Å². The van der Waals surface area contributed by atoms with Crippen LogP contribution in [0.25, 0.3) is 0 Å². The largest absolute Gasteiger partial charge is 0.756 e. The number of carbonyl (C=O) groups excluding carboxylic acids is 2. The van der Waals surface area contributed by atoms with E-state index in [0.717, 1.165) is 70.6 Å². The molecule has 0 amide bonds. The van der Waals surface area contributed by atoms with Gasteiger partial charge in [0, 0.05) is 12.8 Å². The van der Waals surface area contributed by atoms with Crippen molar-refractivity contribution in [1.29, 1.82) is 0 Å². The molecule has 0 aromatic carbocycles. The Balaban J connectivity index is 4.08. The van der Waals surface area contributed by atoms with Crippen LogP contribution in [0.2, 0.25) is 0 Å². The minimum absolute atomic E-state index is 0.0316. The summed E-state index contributed by atoms with van der Waals surface area (Å²) >= 11 is 0. The average molecular weight is 1020 g/mol. The van der Waals surface area contributed by atoms with Crippen molar-refractivity contribution in [3.63, 3.8) is 0 Å². The third-order valence-electron chi connectivity index (χ3n) is 13.1. The number of phosphoric acid groups is 1. The molecule has 71 heavy (non-hydrogen) atoms. The number of carbonyl (C=O) groups is 2. The minimum Gasteiger partial charge on any atom is -0.756 e. The molecule has 9 nitrogen and oxygen atoms in total. The molecule has 0 aromatic rings. The van der Waals surface area contributed by atoms with Crippen molar-refractivity contribution in [2.24, 2.45) is 0 Å². The summed E-state index contributed by atoms with van der Waals surface area (Å²) in [5.41, 5.74) is 0. The van der Waals surface area contributed by atoms with E-state index in [9.17, 15) is 19.0 Å². The summed E-state index contributed by atoms with van der Waals surface area (Å²) in [5, 5.41) is 0. The van der Waals surface area contributed by atoms with Gasteiger partial charge in [-0.15, -0.1) is 0 Å². The van der Waals surface area contributed by atoms with Crippen LogP contribution in [-0.4, -0.2) is 70.0 Å². The first-order valence-corrected chi connectivity index (χ1v) is 31.3. The van der Waals surface area contributed by atoms with Crippen LogP contribution < -0.4 is 4.89 Å². The van der Waals surface area contributed by atoms with Gasteiger partial charge in [-0.1, -0.05) is 236 Å². The van der Waals surface area contributed by atoms with Crippen LogP contribution in [0.4, 0.5) is 0 Å². The van der Waals surface area contributed by atoms with Gasteiger partial charge >= 0.3 is 11.9 Å². The highest BCUT2D eigenvalue weighted by Crippen LogP contribution is 2.38. The molecular weight excluding hydrogens is 906 g/mol. The lowest BCUT2D eigenvalue weighted by atomic mass is 10.0. The Morgan fingerprint density at radius 1 is 0.437 bits per heavy atom. The Kier molecular flexibility index (Phi) is 51.3. The van der Waals surface area contributed by atoms with Gasteiger partial charge in [0.25, 0.3) is 7.82 Å². The second-order valence-electron chi connectivity index (χ2n) is 21.4. The first kappa shape index (κ1) is 69.0. The number of rotatable bonds is 55. The molecular formula is C61H114NO8P. The average Bonchev–Trinajstić information content (AvgIpc) is 3.33. The van der Waals surface area contributed by atoms with Gasteiger partial charge in [0.15, 0.2) is 6.10 Å². The second kappa shape index (κ2) is 52.8. The molecule has 2 unspecified atom stereocenters. The zero-order chi connectivity index (χ0) is 52.0. The molecule has 0 radical (unpaired) electrons. The van der Waals surface area contributed by atoms with Crippen molar-refractivity contribution in [3.05, 3.63) is 48.6 Å². The van der Waals surface area contributed by atoms with Crippen molar-refractivity contribution < 1.29 is 42.1 Å². The molecule has 0 fully saturated rings. The summed E-state index contributed by atoms with van der Waals surface area (Å²) in [6, 6.07) is 0. The van der Waals surface area contributed by atoms with Crippen molar-refractivity contribution in [1.82, 2.24) is 0 Å². The van der Waals surface area contributed by atoms with Crippen molar-refractivity contribution in [3.8, 4) is 0 Å². The van der Waals surface area contributed by atoms with Crippen molar-refractivity contribution in [2.45, 2.75) is 283 Å². The van der Waals surface area contributed by atoms with E-state index in [2.05, 4.69) is 62.5 Å². The number of quaternary nitrogens is 1. The second-order valence-corrected chi connectivity index (χ2v) is 22.8. The van der Waals surface area contributed by atoms with Crippen LogP contribution >= 0.6 is 7.82 Å². The Labute approximate surface area is 439 Å². The quantitative estimate of drug-likeness (QED) is 0.0195. The van der Waals surface area contributed by atoms with Gasteiger partial charge in [0.05, 0.1) is 27.7 Å². The van der Waals surface area contributed by atoms with Gasteiger partial charge in [-0.2, -0.15) is 0 Å². The minimum atomic E-state index is -4.64. The number of unbranched alkanes of at least 4 members (excludes halogenated alkanes) is 33. The fourth-order valence-corrected chi connectivity index (χ4v) is 9.15. The third kappa shape index (κ3) is 57.1. The lowest BCUT2D eigenvalue weighted by molar-refractivity contribution is -0.870. The molecule has 416 valence electrons. The number of esters is 2. The number of hydrogen-bond acceptors (Lipinski definition) is 8. The van der Waals surface area contributed by atoms with Crippen LogP contribution in [0.3, 0.4) is 0 Å². The molecule has 0 rings (SSSR count). The van der Waals surface area contributed by atoms with E-state index in [1.807, 2.05) is 21.1 Å². The highest BCUT2D eigenvalue weighted by atomic mass is 31.2. The smallest absolute Gasteiger partial charge is 0.306 e. The number of allylic oxidation sites excluding steroid dienone is 8. The summed E-state index contributed by atoms with van der Waals surface area (Å²) in [6.07, 6.45) is 65.9. The zero-order valence-electron chi connectivity index (χ0n) is 47.2. The van der Waals surface area contributed by atoms with Crippen LogP contribution in [0.5, 0.6) is 0 Å². The normalized spacial score (nSPS) is 13.6. The fourth-order valence-electron chi connectivity index (χ4n) is 8.42. The number of phosphoric ester groups is 1. The van der Waals surface area contributed by atoms with Crippen LogP contribution in [0.1, 0.15) is 277 Å². The molecule has 0 N–H and O–H groups in total. The van der Waals surface area contributed by atoms with Gasteiger partial charge < -0.3 is 27.9 Å². The van der Waals surface area contributed by atoms with Crippen LogP contribution in [0, 0.1) is 0 Å². The molecule has 0 saturated heterocycles. The number of nitrogens with zero attached hydrogens (tertiary/aromatic N) is 1. The Morgan fingerprint density at radius 2 is 0.761 bits per heavy atom. The molecule has 0 spiro atoms. The van der Waals surface area contributed by atoms with E-state index >= 15 is 0 Å². The third-order valence-corrected chi connectivity index (χ3v) is 14.0. The zero-order valence-corrected chi connectivity index (χ0v) is 48.1. The highest BCUT2D eigenvalue weighted by molar-refractivity contribution is 7.45. The van der Waals surface area contributed by atoms with Crippen LogP contribution in [0.15, 0.2) is 48.6 Å². The fraction of sp³-hybridized carbons (Fsp3) is 0.836. The highest BCUT2D eigenvalue weighted by Gasteiger charge is 2.22. The first-order chi connectivity index (χ1) is 34.5. The van der Waals surface area contributed by atoms with E-state index in [-0.39, 0.29) is 32.0 Å². The van der Waals surface area contributed by atoms with Gasteiger partial charge in [-0.3, -0.25) is 14.2 Å². The molecule has 0 heterocycles. The van der Waals surface area contributed by atoms with Crippen molar-refractivity contribution in [2.75, 3.05) is 47.5 Å². The number of likely N-dealkylation sites (N-methyl/N-ethyl adjacent to an activating group) is 1. The topological polar surface area (TPSA) is 111 Å². The van der Waals surface area contributed by atoms with Gasteiger partial charge in [0.2, 0.25) is 0 Å². The van der Waals surface area contributed by atoms with E-state index in [0.29, 0.717) is 17.4 Å². The van der Waals surface area contributed by atoms with Gasteiger partial charge in [-0.25, -0.2) is 0 Å². The van der Waals surface area contributed by atoms with Crippen LogP contribution in [-0.2, 0) is 32.7 Å². The number of ether oxygens (including phenoxy) is 2. The maximum absolute atomic E-state index is 12.8. The standard InChI is InChI=1S/C61H114NO8P/c1-6-8-10-12-14-16-18-20-22-24-25-26-27-28-29-30-31-32-33-34-35-36-37-38-40-42-44-46-48-50-52-54-61(64)70-59(58-69-71(65,66)68-56-55-62(3,4)5)57-67-60(63)53-51-49-47-45-43-41-39-23-21-19-17-15-13-11-9-7-2/h18,20,23-25,27-28,39,59H,6-17,19,21-22,26,29-38,40-58H2,1-5H3/b20-18-,25-24-,28-27-,39-23-.